The predicted molar refractivity (Wildman–Crippen MR) is 235 cm³/mol. The molecule has 3 aromatic rings. The molecule has 0 aliphatic rings. The van der Waals surface area contributed by atoms with Crippen LogP contribution in [0.15, 0.2) is 60.7 Å². The van der Waals surface area contributed by atoms with Gasteiger partial charge < -0.3 is 18.9 Å². The van der Waals surface area contributed by atoms with Gasteiger partial charge in [-0.05, 0) is 60.4 Å². The molecular formula is C50H70O6. The zero-order valence-electron chi connectivity index (χ0n) is 35.1. The molecule has 306 valence electrons. The number of unbranched alkanes of at least 4 members (excludes halogenated alkanes) is 18. The average Bonchev–Trinajstić information content (AvgIpc) is 3.23. The molecule has 3 rings (SSSR count). The minimum atomic E-state index is -0.351. The second-order valence-electron chi connectivity index (χ2n) is 14.9. The van der Waals surface area contributed by atoms with Crippen LogP contribution in [0.2, 0.25) is 0 Å². The molecule has 0 radical (unpaired) electrons. The predicted octanol–water partition coefficient (Wildman–Crippen LogP) is 14.2. The topological polar surface area (TPSA) is 71.1 Å². The number of benzene rings is 3. The van der Waals surface area contributed by atoms with Gasteiger partial charge in [-0.1, -0.05) is 178 Å². The lowest BCUT2D eigenvalue weighted by Gasteiger charge is -2.16. The van der Waals surface area contributed by atoms with Crippen LogP contribution in [0.5, 0.6) is 11.5 Å². The van der Waals surface area contributed by atoms with E-state index in [4.69, 9.17) is 18.9 Å². The van der Waals surface area contributed by atoms with Crippen LogP contribution in [-0.4, -0.2) is 39.4 Å². The van der Waals surface area contributed by atoms with Gasteiger partial charge in [0.05, 0.1) is 38.6 Å². The lowest BCUT2D eigenvalue weighted by Crippen LogP contribution is -2.03. The van der Waals surface area contributed by atoms with Gasteiger partial charge in [0.1, 0.15) is 11.5 Å². The Balaban J connectivity index is 1.77. The van der Waals surface area contributed by atoms with E-state index in [9.17, 15) is 9.59 Å². The minimum Gasteiger partial charge on any atom is -0.493 e. The number of carbonyl (C=O) groups excluding carboxylic acids is 2. The maximum atomic E-state index is 12.0. The van der Waals surface area contributed by atoms with Gasteiger partial charge in [-0.2, -0.15) is 0 Å². The number of methoxy groups -OCH3 is 2. The van der Waals surface area contributed by atoms with Gasteiger partial charge >= 0.3 is 11.9 Å². The molecule has 6 heteroatoms. The second kappa shape index (κ2) is 29.0. The number of carbonyl (C=O) groups is 2. The zero-order chi connectivity index (χ0) is 40.1. The van der Waals surface area contributed by atoms with Crippen molar-refractivity contribution in [1.29, 1.82) is 0 Å². The fraction of sp³-hybridized carbons (Fsp3) is 0.520. The van der Waals surface area contributed by atoms with E-state index in [0.717, 1.165) is 59.4 Å². The molecule has 0 unspecified atom stereocenters. The van der Waals surface area contributed by atoms with Gasteiger partial charge in [0.2, 0.25) is 0 Å². The van der Waals surface area contributed by atoms with Crippen LogP contribution in [0.3, 0.4) is 0 Å². The summed E-state index contributed by atoms with van der Waals surface area (Å²) in [7, 11) is 2.78. The van der Waals surface area contributed by atoms with Crippen molar-refractivity contribution in [3.63, 3.8) is 0 Å². The summed E-state index contributed by atoms with van der Waals surface area (Å²) in [5.41, 5.74) is 4.84. The Morgan fingerprint density at radius 2 is 0.732 bits per heavy atom. The molecular weight excluding hydrogens is 697 g/mol. The Morgan fingerprint density at radius 1 is 0.429 bits per heavy atom. The third-order valence-electron chi connectivity index (χ3n) is 10.2. The Hall–Kier alpha value is -4.32. The maximum Gasteiger partial charge on any atom is 0.337 e. The highest BCUT2D eigenvalue weighted by Gasteiger charge is 2.12. The summed E-state index contributed by atoms with van der Waals surface area (Å²) >= 11 is 0. The maximum absolute atomic E-state index is 12.0. The fourth-order valence-corrected chi connectivity index (χ4v) is 6.71. The first-order valence-corrected chi connectivity index (χ1v) is 21.7. The van der Waals surface area contributed by atoms with E-state index in [1.807, 2.05) is 36.4 Å². The summed E-state index contributed by atoms with van der Waals surface area (Å²) in [5, 5.41) is 0. The molecule has 56 heavy (non-hydrogen) atoms. The lowest BCUT2D eigenvalue weighted by atomic mass is 10.0. The largest absolute Gasteiger partial charge is 0.493 e. The quantitative estimate of drug-likeness (QED) is 0.0382. The second-order valence-corrected chi connectivity index (χ2v) is 14.9. The molecule has 6 nitrogen and oxygen atoms in total. The smallest absolute Gasteiger partial charge is 0.337 e. The van der Waals surface area contributed by atoms with Crippen molar-refractivity contribution in [3.8, 4) is 11.5 Å². The van der Waals surface area contributed by atoms with Crippen molar-refractivity contribution in [2.75, 3.05) is 27.4 Å². The van der Waals surface area contributed by atoms with Crippen molar-refractivity contribution < 1.29 is 28.5 Å². The number of hydrogen-bond donors (Lipinski definition) is 0. The van der Waals surface area contributed by atoms with E-state index in [1.54, 1.807) is 24.3 Å². The van der Waals surface area contributed by atoms with Crippen molar-refractivity contribution in [2.24, 2.45) is 0 Å². The SMILES string of the molecule is CCCCCCCCCCCCOc1cc(/C=C/c2ccc(C(=O)OC)cc2)c(OCCCCCCCCCCCC)cc1/C=C/c1ccc(C(=O)OC)cc1. The minimum absolute atomic E-state index is 0.351. The molecule has 0 N–H and O–H groups in total. The third-order valence-corrected chi connectivity index (χ3v) is 10.2. The molecule has 0 spiro atoms. The van der Waals surface area contributed by atoms with E-state index >= 15 is 0 Å². The number of hydrogen-bond acceptors (Lipinski definition) is 6. The summed E-state index contributed by atoms with van der Waals surface area (Å²) in [6.07, 6.45) is 33.6. The number of esters is 2. The van der Waals surface area contributed by atoms with E-state index in [2.05, 4.69) is 38.1 Å². The number of rotatable bonds is 30. The molecule has 0 aliphatic heterocycles. The molecule has 0 fully saturated rings. The Kier molecular flexibility index (Phi) is 23.9. The highest BCUT2D eigenvalue weighted by Crippen LogP contribution is 2.33. The van der Waals surface area contributed by atoms with Crippen molar-refractivity contribution in [2.45, 2.75) is 142 Å². The van der Waals surface area contributed by atoms with Crippen LogP contribution in [0.25, 0.3) is 24.3 Å². The van der Waals surface area contributed by atoms with Gasteiger partial charge in [0.15, 0.2) is 0 Å². The summed E-state index contributed by atoms with van der Waals surface area (Å²) < 4.78 is 22.8. The van der Waals surface area contributed by atoms with E-state index in [-0.39, 0.29) is 11.9 Å². The lowest BCUT2D eigenvalue weighted by molar-refractivity contribution is 0.0592. The van der Waals surface area contributed by atoms with E-state index in [1.165, 1.54) is 117 Å². The Morgan fingerprint density at radius 3 is 1.04 bits per heavy atom. The molecule has 0 aromatic heterocycles. The molecule has 0 saturated carbocycles. The van der Waals surface area contributed by atoms with E-state index < -0.39 is 0 Å². The Bertz CT molecular complexity index is 1450. The standard InChI is InChI=1S/C50H70O6/c1-5-7-9-11-13-15-17-19-21-23-37-55-47-39-46(36-30-42-27-33-44(34-28-42)50(52)54-4)48(56-38-24-22-20-18-16-14-12-10-8-6-2)40-45(47)35-29-41-25-31-43(32-26-41)49(51)53-3/h25-36,39-40H,5-24,37-38H2,1-4H3/b35-29+,36-30+. The molecule has 0 atom stereocenters. The molecule has 3 aromatic carbocycles. The third kappa shape index (κ3) is 18.5. The van der Waals surface area contributed by atoms with E-state index in [0.29, 0.717) is 24.3 Å². The van der Waals surface area contributed by atoms with Gasteiger partial charge in [-0.3, -0.25) is 0 Å². The first-order valence-electron chi connectivity index (χ1n) is 21.7. The molecule has 0 saturated heterocycles. The van der Waals surface area contributed by atoms with Crippen LogP contribution in [0.1, 0.15) is 185 Å². The molecule has 0 aliphatic carbocycles. The molecule has 0 bridgehead atoms. The summed E-state index contributed by atoms with van der Waals surface area (Å²) in [5.74, 6) is 0.900. The summed E-state index contributed by atoms with van der Waals surface area (Å²) in [6, 6.07) is 18.9. The monoisotopic (exact) mass is 767 g/mol. The van der Waals surface area contributed by atoms with Crippen molar-refractivity contribution in [1.82, 2.24) is 0 Å². The van der Waals surface area contributed by atoms with Gasteiger partial charge in [-0.25, -0.2) is 9.59 Å². The molecule has 0 heterocycles. The van der Waals surface area contributed by atoms with Crippen LogP contribution >= 0.6 is 0 Å². The van der Waals surface area contributed by atoms with Gasteiger partial charge in [0, 0.05) is 11.1 Å². The number of ether oxygens (including phenoxy) is 4. The molecule has 0 amide bonds. The van der Waals surface area contributed by atoms with Crippen LogP contribution in [0, 0.1) is 0 Å². The summed E-state index contributed by atoms with van der Waals surface area (Å²) in [6.45, 7) is 5.81. The first kappa shape index (κ1) is 46.1. The fourth-order valence-electron chi connectivity index (χ4n) is 6.71. The highest BCUT2D eigenvalue weighted by molar-refractivity contribution is 5.90. The zero-order valence-corrected chi connectivity index (χ0v) is 35.1. The van der Waals surface area contributed by atoms with Crippen LogP contribution < -0.4 is 9.47 Å². The van der Waals surface area contributed by atoms with Crippen molar-refractivity contribution in [3.05, 3.63) is 94.0 Å². The van der Waals surface area contributed by atoms with Gasteiger partial charge in [-0.15, -0.1) is 0 Å². The Labute approximate surface area is 339 Å². The highest BCUT2D eigenvalue weighted by atomic mass is 16.5. The average molecular weight is 767 g/mol. The van der Waals surface area contributed by atoms with Crippen molar-refractivity contribution >= 4 is 36.2 Å². The van der Waals surface area contributed by atoms with Crippen LogP contribution in [0.4, 0.5) is 0 Å². The summed E-state index contributed by atoms with van der Waals surface area (Å²) in [4.78, 5) is 24.0. The van der Waals surface area contributed by atoms with Crippen LogP contribution in [-0.2, 0) is 9.47 Å². The normalized spacial score (nSPS) is 11.4. The first-order chi connectivity index (χ1) is 27.5. The van der Waals surface area contributed by atoms with Gasteiger partial charge in [0.25, 0.3) is 0 Å².